The van der Waals surface area contributed by atoms with Crippen molar-refractivity contribution in [2.24, 2.45) is 0 Å². The zero-order chi connectivity index (χ0) is 23.7. The van der Waals surface area contributed by atoms with E-state index in [9.17, 15) is 29.1 Å². The predicted octanol–water partition coefficient (Wildman–Crippen LogP) is 1.20. The number of carboxylic acid groups (broad SMARTS) is 1. The molecule has 0 aliphatic heterocycles. The minimum Gasteiger partial charge on any atom is -0.478 e. The molecule has 10 nitrogen and oxygen atoms in total. The molecule has 2 N–H and O–H groups in total. The van der Waals surface area contributed by atoms with Crippen LogP contribution in [0.1, 0.15) is 27.6 Å². The van der Waals surface area contributed by atoms with Gasteiger partial charge in [-0.2, -0.15) is 0 Å². The van der Waals surface area contributed by atoms with Gasteiger partial charge in [0.05, 0.1) is 18.2 Å². The summed E-state index contributed by atoms with van der Waals surface area (Å²) >= 11 is 0. The molecule has 2 aromatic carbocycles. The summed E-state index contributed by atoms with van der Waals surface area (Å²) in [5.74, 6) is -5.80. The van der Waals surface area contributed by atoms with E-state index in [1.54, 1.807) is 12.1 Å². The van der Waals surface area contributed by atoms with Gasteiger partial charge in [0.15, 0.2) is 0 Å². The summed E-state index contributed by atoms with van der Waals surface area (Å²) < 4.78 is 14.6. The fourth-order valence-corrected chi connectivity index (χ4v) is 2.54. The summed E-state index contributed by atoms with van der Waals surface area (Å²) in [4.78, 5) is 61.1. The van der Waals surface area contributed by atoms with Gasteiger partial charge in [-0.15, -0.1) is 0 Å². The van der Waals surface area contributed by atoms with Gasteiger partial charge >= 0.3 is 23.9 Å². The van der Waals surface area contributed by atoms with E-state index >= 15 is 0 Å². The second kappa shape index (κ2) is 11.3. The minimum atomic E-state index is -2.19. The van der Waals surface area contributed by atoms with Crippen LogP contribution < -0.4 is 5.32 Å². The van der Waals surface area contributed by atoms with Crippen LogP contribution in [0.4, 0.5) is 0 Å². The lowest BCUT2D eigenvalue weighted by atomic mass is 10.1. The molecule has 0 fully saturated rings. The Kier molecular flexibility index (Phi) is 8.46. The molecule has 32 heavy (non-hydrogen) atoms. The first kappa shape index (κ1) is 24.1. The molecule has 3 unspecified atom stereocenters. The quantitative estimate of drug-likeness (QED) is 0.431. The molecular formula is C22H21NO9. The normalized spacial score (nSPS) is 13.1. The van der Waals surface area contributed by atoms with Crippen molar-refractivity contribution in [3.05, 3.63) is 71.8 Å². The van der Waals surface area contributed by atoms with Crippen molar-refractivity contribution >= 4 is 29.8 Å². The van der Waals surface area contributed by atoms with Crippen LogP contribution in [-0.4, -0.2) is 60.3 Å². The molecule has 168 valence electrons. The van der Waals surface area contributed by atoms with E-state index in [4.69, 9.17) is 9.47 Å². The maximum absolute atomic E-state index is 12.8. The Morgan fingerprint density at radius 3 is 1.62 bits per heavy atom. The number of benzene rings is 2. The Labute approximate surface area is 183 Å². The van der Waals surface area contributed by atoms with Crippen LogP contribution in [-0.2, 0) is 28.6 Å². The summed E-state index contributed by atoms with van der Waals surface area (Å²) in [5, 5.41) is 11.8. The maximum atomic E-state index is 12.8. The largest absolute Gasteiger partial charge is 0.478 e. The highest BCUT2D eigenvalue weighted by molar-refractivity contribution is 5.97. The van der Waals surface area contributed by atoms with Gasteiger partial charge in [-0.25, -0.2) is 19.2 Å². The zero-order valence-electron chi connectivity index (χ0n) is 17.2. The summed E-state index contributed by atoms with van der Waals surface area (Å²) in [5.41, 5.74) is 0.0556. The summed E-state index contributed by atoms with van der Waals surface area (Å²) in [6, 6.07) is 13.8. The Morgan fingerprint density at radius 2 is 1.22 bits per heavy atom. The van der Waals surface area contributed by atoms with Crippen molar-refractivity contribution in [2.45, 2.75) is 25.2 Å². The standard InChI is InChI=1S/C22H21NO9/c1-13(20(27)30-2)23-18(24)16(31-21(28)14-9-5-3-6-10-14)17(19(25)26)32-22(29)15-11-7-4-8-12-15/h3-13,16-17H,1-2H3,(H,23,24)(H,25,26). The van der Waals surface area contributed by atoms with Crippen molar-refractivity contribution < 1.29 is 43.3 Å². The Morgan fingerprint density at radius 1 is 0.781 bits per heavy atom. The van der Waals surface area contributed by atoms with Crippen LogP contribution in [0.5, 0.6) is 0 Å². The van der Waals surface area contributed by atoms with E-state index in [2.05, 4.69) is 10.1 Å². The van der Waals surface area contributed by atoms with Crippen LogP contribution in [0.25, 0.3) is 0 Å². The Hall–Kier alpha value is -4.21. The van der Waals surface area contributed by atoms with E-state index in [0.717, 1.165) is 7.11 Å². The highest BCUT2D eigenvalue weighted by Crippen LogP contribution is 2.14. The van der Waals surface area contributed by atoms with E-state index in [1.165, 1.54) is 55.5 Å². The van der Waals surface area contributed by atoms with Crippen molar-refractivity contribution in [1.29, 1.82) is 0 Å². The molecule has 0 saturated heterocycles. The monoisotopic (exact) mass is 443 g/mol. The summed E-state index contributed by atoms with van der Waals surface area (Å²) in [7, 11) is 1.10. The summed E-state index contributed by atoms with van der Waals surface area (Å²) in [6.45, 7) is 1.28. The van der Waals surface area contributed by atoms with Crippen LogP contribution in [0, 0.1) is 0 Å². The first-order valence-corrected chi connectivity index (χ1v) is 9.37. The van der Waals surface area contributed by atoms with Gasteiger partial charge in [-0.1, -0.05) is 36.4 Å². The van der Waals surface area contributed by atoms with Crippen molar-refractivity contribution in [3.8, 4) is 0 Å². The van der Waals surface area contributed by atoms with Crippen LogP contribution in [0.2, 0.25) is 0 Å². The van der Waals surface area contributed by atoms with Crippen molar-refractivity contribution in [1.82, 2.24) is 5.32 Å². The molecule has 0 aliphatic carbocycles. The number of carboxylic acids is 1. The number of carbonyl (C=O) groups is 5. The SMILES string of the molecule is COC(=O)C(C)NC(=O)C(OC(=O)c1ccccc1)C(OC(=O)c1ccccc1)C(=O)O. The molecule has 0 aliphatic rings. The van der Waals surface area contributed by atoms with Gasteiger partial charge in [0.1, 0.15) is 6.04 Å². The van der Waals surface area contributed by atoms with E-state index in [1.807, 2.05) is 0 Å². The molecular weight excluding hydrogens is 422 g/mol. The fourth-order valence-electron chi connectivity index (χ4n) is 2.54. The van der Waals surface area contributed by atoms with E-state index in [0.29, 0.717) is 0 Å². The molecule has 3 atom stereocenters. The average molecular weight is 443 g/mol. The topological polar surface area (TPSA) is 145 Å². The second-order valence-electron chi connectivity index (χ2n) is 6.48. The molecule has 1 amide bonds. The number of amides is 1. The average Bonchev–Trinajstić information content (AvgIpc) is 2.81. The van der Waals surface area contributed by atoms with E-state index in [-0.39, 0.29) is 11.1 Å². The van der Waals surface area contributed by atoms with Gasteiger partial charge < -0.3 is 24.6 Å². The number of methoxy groups -OCH3 is 1. The molecule has 2 aromatic rings. The predicted molar refractivity (Wildman–Crippen MR) is 109 cm³/mol. The molecule has 0 radical (unpaired) electrons. The molecule has 0 heterocycles. The van der Waals surface area contributed by atoms with Gasteiger partial charge in [0.25, 0.3) is 5.91 Å². The second-order valence-corrected chi connectivity index (χ2v) is 6.48. The molecule has 10 heteroatoms. The van der Waals surface area contributed by atoms with Crippen LogP contribution in [0.15, 0.2) is 60.7 Å². The lowest BCUT2D eigenvalue weighted by Gasteiger charge is -2.24. The van der Waals surface area contributed by atoms with Crippen molar-refractivity contribution in [2.75, 3.05) is 7.11 Å². The lowest BCUT2D eigenvalue weighted by Crippen LogP contribution is -2.53. The number of esters is 3. The minimum absolute atomic E-state index is 0.0234. The van der Waals surface area contributed by atoms with Crippen LogP contribution >= 0.6 is 0 Å². The molecule has 0 spiro atoms. The Bertz CT molecular complexity index is 975. The third-order valence-corrected chi connectivity index (χ3v) is 4.18. The molecule has 0 aromatic heterocycles. The number of nitrogens with one attached hydrogen (secondary N) is 1. The number of ether oxygens (including phenoxy) is 3. The smallest absolute Gasteiger partial charge is 0.349 e. The Balaban J connectivity index is 2.33. The summed E-state index contributed by atoms with van der Waals surface area (Å²) in [6.07, 6.45) is -4.29. The number of rotatable bonds is 9. The maximum Gasteiger partial charge on any atom is 0.349 e. The molecule has 0 bridgehead atoms. The van der Waals surface area contributed by atoms with E-state index < -0.39 is 48.0 Å². The highest BCUT2D eigenvalue weighted by atomic mass is 16.6. The molecule has 0 saturated carbocycles. The number of hydrogen-bond acceptors (Lipinski definition) is 8. The third kappa shape index (κ3) is 6.39. The molecule has 2 rings (SSSR count). The fraction of sp³-hybridized carbons (Fsp3) is 0.227. The first-order chi connectivity index (χ1) is 15.2. The highest BCUT2D eigenvalue weighted by Gasteiger charge is 2.41. The lowest BCUT2D eigenvalue weighted by molar-refractivity contribution is -0.160. The third-order valence-electron chi connectivity index (χ3n) is 4.18. The number of aliphatic carboxylic acids is 1. The first-order valence-electron chi connectivity index (χ1n) is 9.37. The number of hydrogen-bond donors (Lipinski definition) is 2. The number of carbonyl (C=O) groups excluding carboxylic acids is 4. The van der Waals surface area contributed by atoms with Crippen LogP contribution in [0.3, 0.4) is 0 Å². The van der Waals surface area contributed by atoms with Gasteiger partial charge in [-0.3, -0.25) is 4.79 Å². The van der Waals surface area contributed by atoms with Gasteiger partial charge in [-0.05, 0) is 31.2 Å². The van der Waals surface area contributed by atoms with Gasteiger partial charge in [0.2, 0.25) is 12.2 Å². The van der Waals surface area contributed by atoms with Crippen molar-refractivity contribution in [3.63, 3.8) is 0 Å². The zero-order valence-corrected chi connectivity index (χ0v) is 17.2. The van der Waals surface area contributed by atoms with Gasteiger partial charge in [0, 0.05) is 0 Å².